The number of carbonyl (C=O) groups is 1. The molecule has 2 atom stereocenters. The van der Waals surface area contributed by atoms with Crippen molar-refractivity contribution in [2.75, 3.05) is 5.32 Å². The van der Waals surface area contributed by atoms with E-state index in [-0.39, 0.29) is 6.03 Å². The van der Waals surface area contributed by atoms with Crippen molar-refractivity contribution in [1.82, 2.24) is 15.5 Å². The zero-order valence-corrected chi connectivity index (χ0v) is 17.0. The molecule has 2 unspecified atom stereocenters. The maximum atomic E-state index is 12.2. The molecule has 8 heteroatoms. The van der Waals surface area contributed by atoms with Crippen LogP contribution in [0.5, 0.6) is 0 Å². The molecule has 0 spiro atoms. The fourth-order valence-electron chi connectivity index (χ4n) is 3.17. The molecule has 6 nitrogen and oxygen atoms in total. The zero-order chi connectivity index (χ0) is 18.5. The van der Waals surface area contributed by atoms with E-state index in [1.54, 1.807) is 6.92 Å². The van der Waals surface area contributed by atoms with Crippen LogP contribution in [-0.4, -0.2) is 27.4 Å². The maximum absolute atomic E-state index is 12.2. The highest BCUT2D eigenvalue weighted by molar-refractivity contribution is 9.10. The Balaban J connectivity index is 1.53. The van der Waals surface area contributed by atoms with Crippen molar-refractivity contribution in [3.63, 3.8) is 0 Å². The van der Waals surface area contributed by atoms with E-state index in [9.17, 15) is 9.90 Å². The fourth-order valence-corrected chi connectivity index (χ4v) is 4.34. The average molecular weight is 439 g/mol. The highest BCUT2D eigenvalue weighted by Crippen LogP contribution is 2.35. The molecule has 1 aliphatic rings. The Kier molecular flexibility index (Phi) is 6.61. The second-order valence-corrected chi connectivity index (χ2v) is 8.59. The summed E-state index contributed by atoms with van der Waals surface area (Å²) >= 11 is 4.81. The fraction of sp³-hybridized carbons (Fsp3) is 0.500. The quantitative estimate of drug-likeness (QED) is 0.636. The second kappa shape index (κ2) is 8.92. The van der Waals surface area contributed by atoms with Crippen molar-refractivity contribution < 1.29 is 9.90 Å². The number of carbonyl (C=O) groups excluding carboxylic acids is 1. The van der Waals surface area contributed by atoms with E-state index in [1.165, 1.54) is 30.6 Å². The lowest BCUT2D eigenvalue weighted by atomic mass is 9.90. The molecule has 2 amide bonds. The minimum Gasteiger partial charge on any atom is -0.386 e. The molecule has 1 fully saturated rings. The summed E-state index contributed by atoms with van der Waals surface area (Å²) in [5, 5.41) is 25.7. The third-order valence-corrected chi connectivity index (χ3v) is 6.19. The molecule has 3 N–H and O–H groups in total. The van der Waals surface area contributed by atoms with Crippen LogP contribution in [0.1, 0.15) is 61.6 Å². The van der Waals surface area contributed by atoms with Crippen molar-refractivity contribution in [3.8, 4) is 0 Å². The number of amides is 2. The molecule has 0 radical (unpaired) electrons. The van der Waals surface area contributed by atoms with E-state index in [0.29, 0.717) is 11.0 Å². The smallest absolute Gasteiger partial charge is 0.321 e. The zero-order valence-electron chi connectivity index (χ0n) is 14.6. The lowest BCUT2D eigenvalue weighted by Crippen LogP contribution is -2.39. The highest BCUT2D eigenvalue weighted by atomic mass is 79.9. The second-order valence-electron chi connectivity index (χ2n) is 6.66. The molecule has 140 valence electrons. The Morgan fingerprint density at radius 2 is 1.92 bits per heavy atom. The van der Waals surface area contributed by atoms with Crippen LogP contribution in [0, 0.1) is 0 Å². The van der Waals surface area contributed by atoms with E-state index in [2.05, 4.69) is 36.8 Å². The van der Waals surface area contributed by atoms with Gasteiger partial charge >= 0.3 is 6.03 Å². The van der Waals surface area contributed by atoms with E-state index < -0.39 is 12.1 Å². The number of nitrogens with one attached hydrogen (secondary N) is 2. The number of hydrogen-bond donors (Lipinski definition) is 3. The molecule has 0 bridgehead atoms. The monoisotopic (exact) mass is 438 g/mol. The SMILES string of the molecule is CC(NC(=O)Nc1nnc(C2CCCCC2)s1)C(O)c1ccc(Br)cc1. The van der Waals surface area contributed by atoms with Gasteiger partial charge in [-0.05, 0) is 37.5 Å². The number of anilines is 1. The number of hydrogen-bond acceptors (Lipinski definition) is 5. The molecule has 0 aliphatic heterocycles. The number of aliphatic hydroxyl groups excluding tert-OH is 1. The Bertz CT molecular complexity index is 731. The van der Waals surface area contributed by atoms with Crippen LogP contribution in [0.4, 0.5) is 9.93 Å². The van der Waals surface area contributed by atoms with Gasteiger partial charge < -0.3 is 10.4 Å². The van der Waals surface area contributed by atoms with Gasteiger partial charge in [0.2, 0.25) is 5.13 Å². The van der Waals surface area contributed by atoms with Gasteiger partial charge in [0, 0.05) is 10.4 Å². The van der Waals surface area contributed by atoms with Gasteiger partial charge in [0.1, 0.15) is 5.01 Å². The first-order valence-corrected chi connectivity index (χ1v) is 10.5. The summed E-state index contributed by atoms with van der Waals surface area (Å²) in [4.78, 5) is 12.2. The summed E-state index contributed by atoms with van der Waals surface area (Å²) < 4.78 is 0.942. The van der Waals surface area contributed by atoms with Gasteiger partial charge in [0.05, 0.1) is 12.1 Å². The number of nitrogens with zero attached hydrogens (tertiary/aromatic N) is 2. The third-order valence-electron chi connectivity index (χ3n) is 4.66. The van der Waals surface area contributed by atoms with Gasteiger partial charge in [0.15, 0.2) is 0 Å². The molecule has 3 rings (SSSR count). The summed E-state index contributed by atoms with van der Waals surface area (Å²) in [6, 6.07) is 6.54. The number of aliphatic hydroxyl groups is 1. The van der Waals surface area contributed by atoms with Crippen molar-refractivity contribution in [1.29, 1.82) is 0 Å². The first-order chi connectivity index (χ1) is 12.5. The first kappa shape index (κ1) is 19.3. The number of halogens is 1. The van der Waals surface area contributed by atoms with E-state index in [4.69, 9.17) is 0 Å². The predicted octanol–water partition coefficient (Wildman–Crippen LogP) is 4.59. The van der Waals surface area contributed by atoms with Crippen molar-refractivity contribution in [3.05, 3.63) is 39.3 Å². The van der Waals surface area contributed by atoms with E-state index >= 15 is 0 Å². The van der Waals surface area contributed by atoms with Crippen molar-refractivity contribution in [2.24, 2.45) is 0 Å². The lowest BCUT2D eigenvalue weighted by molar-refractivity contribution is 0.139. The Hall–Kier alpha value is -1.51. The Labute approximate surface area is 165 Å². The summed E-state index contributed by atoms with van der Waals surface area (Å²) in [5.74, 6) is 0.470. The van der Waals surface area contributed by atoms with Gasteiger partial charge in [-0.3, -0.25) is 5.32 Å². The number of urea groups is 1. The predicted molar refractivity (Wildman–Crippen MR) is 106 cm³/mol. The largest absolute Gasteiger partial charge is 0.386 e. The average Bonchev–Trinajstić information content (AvgIpc) is 3.10. The summed E-state index contributed by atoms with van der Waals surface area (Å²) in [7, 11) is 0. The number of benzene rings is 1. The van der Waals surface area contributed by atoms with Crippen LogP contribution < -0.4 is 10.6 Å². The molecule has 1 heterocycles. The molecular weight excluding hydrogens is 416 g/mol. The Morgan fingerprint density at radius 1 is 1.23 bits per heavy atom. The molecular formula is C18H23BrN4O2S. The molecule has 1 aromatic carbocycles. The van der Waals surface area contributed by atoms with Gasteiger partial charge in [-0.15, -0.1) is 10.2 Å². The maximum Gasteiger partial charge on any atom is 0.321 e. The van der Waals surface area contributed by atoms with Crippen molar-refractivity contribution >= 4 is 38.4 Å². The molecule has 1 saturated carbocycles. The molecule has 2 aromatic rings. The standard InChI is InChI=1S/C18H23BrN4O2S/c1-11(15(24)12-7-9-14(19)10-8-12)20-17(25)21-18-23-22-16(26-18)13-5-3-2-4-6-13/h7-11,13,15,24H,2-6H2,1H3,(H2,20,21,23,25). The molecule has 1 aliphatic carbocycles. The van der Waals surface area contributed by atoms with Crippen LogP contribution in [0.25, 0.3) is 0 Å². The molecule has 1 aromatic heterocycles. The van der Waals surface area contributed by atoms with Crippen LogP contribution in [0.3, 0.4) is 0 Å². The van der Waals surface area contributed by atoms with E-state index in [0.717, 1.165) is 27.9 Å². The highest BCUT2D eigenvalue weighted by Gasteiger charge is 2.22. The minimum absolute atomic E-state index is 0.389. The lowest BCUT2D eigenvalue weighted by Gasteiger charge is -2.20. The first-order valence-electron chi connectivity index (χ1n) is 8.87. The topological polar surface area (TPSA) is 87.1 Å². The van der Waals surface area contributed by atoms with Crippen LogP contribution >= 0.6 is 27.3 Å². The van der Waals surface area contributed by atoms with Gasteiger partial charge in [-0.25, -0.2) is 4.79 Å². The molecule has 26 heavy (non-hydrogen) atoms. The van der Waals surface area contributed by atoms with Gasteiger partial charge in [-0.1, -0.05) is 58.7 Å². The minimum atomic E-state index is -0.791. The van der Waals surface area contributed by atoms with Crippen LogP contribution in [0.2, 0.25) is 0 Å². The van der Waals surface area contributed by atoms with Gasteiger partial charge in [-0.2, -0.15) is 0 Å². The van der Waals surface area contributed by atoms with E-state index in [1.807, 2.05) is 24.3 Å². The normalized spacial score (nSPS) is 17.5. The summed E-state index contributed by atoms with van der Waals surface area (Å²) in [6.07, 6.45) is 5.27. The third kappa shape index (κ3) is 5.02. The molecule has 0 saturated heterocycles. The van der Waals surface area contributed by atoms with Crippen LogP contribution in [-0.2, 0) is 0 Å². The summed E-state index contributed by atoms with van der Waals surface area (Å²) in [6.45, 7) is 1.76. The van der Waals surface area contributed by atoms with Crippen LogP contribution in [0.15, 0.2) is 28.7 Å². The summed E-state index contributed by atoms with van der Waals surface area (Å²) in [5.41, 5.74) is 0.747. The van der Waals surface area contributed by atoms with Gasteiger partial charge in [0.25, 0.3) is 0 Å². The number of aromatic nitrogens is 2. The Morgan fingerprint density at radius 3 is 2.62 bits per heavy atom. The van der Waals surface area contributed by atoms with Crippen molar-refractivity contribution in [2.45, 2.75) is 57.1 Å². The number of rotatable bonds is 5.